The van der Waals surface area contributed by atoms with Crippen molar-refractivity contribution < 1.29 is 52.4 Å². The van der Waals surface area contributed by atoms with Crippen LogP contribution in [0.1, 0.15) is 63.9 Å². The first-order valence-corrected chi connectivity index (χ1v) is 11.4. The largest absolute Gasteiger partial charge is 1.00 e. The third-order valence-electron chi connectivity index (χ3n) is 4.67. The van der Waals surface area contributed by atoms with E-state index in [1.165, 1.54) is 38.2 Å². The van der Waals surface area contributed by atoms with Gasteiger partial charge in [-0.2, -0.15) is 8.42 Å². The molecule has 2 rings (SSSR count). The Morgan fingerprint density at radius 1 is 0.931 bits per heavy atom. The fourth-order valence-corrected chi connectivity index (χ4v) is 3.69. The van der Waals surface area contributed by atoms with Crippen molar-refractivity contribution in [2.45, 2.75) is 69.6 Å². The molecular weight excluding hydrogens is 399 g/mol. The predicted molar refractivity (Wildman–Crippen MR) is 109 cm³/mol. The third kappa shape index (κ3) is 9.09. The van der Waals surface area contributed by atoms with Gasteiger partial charge in [-0.05, 0) is 42.7 Å². The quantitative estimate of drug-likeness (QED) is 0.319. The summed E-state index contributed by atoms with van der Waals surface area (Å²) < 4.78 is 38.0. The van der Waals surface area contributed by atoms with E-state index >= 15 is 0 Å². The van der Waals surface area contributed by atoms with Crippen LogP contribution in [0.25, 0.3) is 0 Å². The first-order valence-electron chi connectivity index (χ1n) is 9.96. The molecule has 5 nitrogen and oxygen atoms in total. The molecule has 0 aliphatic heterocycles. The summed E-state index contributed by atoms with van der Waals surface area (Å²) in [6.07, 6.45) is 9.65. The summed E-state index contributed by atoms with van der Waals surface area (Å²) in [4.78, 5) is -0.382. The number of unbranched alkanes of at least 4 members (excludes halogenated alkanes) is 7. The average molecular weight is 429 g/mol. The Labute approximate surface area is 196 Å². The van der Waals surface area contributed by atoms with Gasteiger partial charge in [-0.3, -0.25) is 4.55 Å². The van der Waals surface area contributed by atoms with E-state index < -0.39 is 15.9 Å². The first kappa shape index (κ1) is 26.0. The van der Waals surface area contributed by atoms with Crippen LogP contribution in [0.3, 0.4) is 0 Å². The second-order valence-corrected chi connectivity index (χ2v) is 8.45. The predicted octanol–water partition coefficient (Wildman–Crippen LogP) is 2.49. The van der Waals surface area contributed by atoms with Crippen molar-refractivity contribution in [1.82, 2.24) is 0 Å². The Kier molecular flexibility index (Phi) is 11.9. The van der Waals surface area contributed by atoms with Crippen LogP contribution in [-0.4, -0.2) is 13.0 Å². The van der Waals surface area contributed by atoms with Crippen molar-refractivity contribution in [2.24, 2.45) is 0 Å². The molecule has 0 unspecified atom stereocenters. The second-order valence-electron chi connectivity index (χ2n) is 7.02. The van der Waals surface area contributed by atoms with Gasteiger partial charge in [0.2, 0.25) is 0 Å². The molecule has 154 valence electrons. The van der Waals surface area contributed by atoms with Crippen LogP contribution in [0.5, 0.6) is 17.2 Å². The van der Waals surface area contributed by atoms with E-state index in [0.717, 1.165) is 25.3 Å². The third-order valence-corrected chi connectivity index (χ3v) is 5.50. The molecule has 0 amide bonds. The number of para-hydroxylation sites is 1. The van der Waals surface area contributed by atoms with Gasteiger partial charge in [0, 0.05) is 0 Å². The number of aryl methyl sites for hydroxylation is 1. The molecule has 0 bridgehead atoms. The van der Waals surface area contributed by atoms with Gasteiger partial charge in [0.05, 0.1) is 4.90 Å². The normalized spacial score (nSPS) is 11.1. The van der Waals surface area contributed by atoms with Gasteiger partial charge in [0.1, 0.15) is 11.5 Å². The Bertz CT molecular complexity index is 838. The zero-order valence-corrected chi connectivity index (χ0v) is 20.2. The van der Waals surface area contributed by atoms with Gasteiger partial charge in [-0.1, -0.05) is 75.8 Å². The van der Waals surface area contributed by atoms with E-state index in [-0.39, 0.29) is 40.2 Å². The molecule has 0 aromatic heterocycles. The average Bonchev–Trinajstić information content (AvgIpc) is 2.66. The smallest absolute Gasteiger partial charge is 0.870 e. The van der Waals surface area contributed by atoms with Crippen LogP contribution in [0.4, 0.5) is 0 Å². The molecule has 0 radical (unpaired) electrons. The Hall–Kier alpha value is -1.05. The Morgan fingerprint density at radius 2 is 1.52 bits per heavy atom. The van der Waals surface area contributed by atoms with Crippen LogP contribution in [0, 0.1) is 0 Å². The van der Waals surface area contributed by atoms with Crippen LogP contribution >= 0.6 is 0 Å². The maximum atomic E-state index is 12.4. The van der Waals surface area contributed by atoms with Gasteiger partial charge < -0.3 is 9.84 Å². The standard InChI is InChI=1S/C22H30O5S.Na/c1-2-3-4-5-6-7-8-10-13-18-16-20(28(24,25)26)17-21(23)22(18)27-19-14-11-9-12-15-19;/h9,11-12,14-17,23H,2-8,10,13H2,1H3,(H,24,25,26);/q;+1/p-1. The number of ether oxygens (including phenoxy) is 1. The monoisotopic (exact) mass is 428 g/mol. The van der Waals surface area contributed by atoms with Crippen molar-refractivity contribution in [1.29, 1.82) is 0 Å². The van der Waals surface area contributed by atoms with Gasteiger partial charge in [-0.25, -0.2) is 0 Å². The molecule has 0 heterocycles. The number of hydrogen-bond acceptors (Lipinski definition) is 4. The summed E-state index contributed by atoms with van der Waals surface area (Å²) in [7, 11) is -4.44. The number of rotatable bonds is 12. The molecule has 0 saturated heterocycles. The van der Waals surface area contributed by atoms with E-state index in [4.69, 9.17) is 4.74 Å². The van der Waals surface area contributed by atoms with Crippen LogP contribution in [0.2, 0.25) is 0 Å². The van der Waals surface area contributed by atoms with Crippen molar-refractivity contribution in [3.8, 4) is 17.2 Å². The van der Waals surface area contributed by atoms with E-state index in [9.17, 15) is 18.1 Å². The van der Waals surface area contributed by atoms with Crippen LogP contribution < -0.4 is 39.4 Å². The van der Waals surface area contributed by atoms with E-state index in [1.807, 2.05) is 6.07 Å². The molecule has 0 atom stereocenters. The van der Waals surface area contributed by atoms with Crippen molar-refractivity contribution in [3.05, 3.63) is 48.0 Å². The summed E-state index contributed by atoms with van der Waals surface area (Å²) in [5.41, 5.74) is 0.509. The SMILES string of the molecule is CCCCCCCCCCc1cc(S(=O)(=O)O)cc([O-])c1Oc1ccccc1.[Na+]. The molecule has 29 heavy (non-hydrogen) atoms. The van der Waals surface area contributed by atoms with E-state index in [2.05, 4.69) is 6.92 Å². The minimum atomic E-state index is -4.44. The van der Waals surface area contributed by atoms with Crippen molar-refractivity contribution in [2.75, 3.05) is 0 Å². The first-order chi connectivity index (χ1) is 13.4. The fraction of sp³-hybridized carbons (Fsp3) is 0.455. The zero-order chi connectivity index (χ0) is 20.4. The molecule has 0 aliphatic rings. The molecule has 2 aromatic rings. The molecule has 0 saturated carbocycles. The van der Waals surface area contributed by atoms with Crippen LogP contribution in [0.15, 0.2) is 47.4 Å². The zero-order valence-electron chi connectivity index (χ0n) is 17.4. The van der Waals surface area contributed by atoms with E-state index in [0.29, 0.717) is 17.7 Å². The topological polar surface area (TPSA) is 86.7 Å². The number of benzene rings is 2. The minimum absolute atomic E-state index is 0. The summed E-state index contributed by atoms with van der Waals surface area (Å²) in [5.74, 6) is 0.0893. The molecule has 0 aliphatic carbocycles. The van der Waals surface area contributed by atoms with Gasteiger partial charge in [-0.15, -0.1) is 0 Å². The molecule has 0 fully saturated rings. The van der Waals surface area contributed by atoms with Crippen molar-refractivity contribution >= 4 is 10.1 Å². The number of hydrogen-bond donors (Lipinski definition) is 1. The summed E-state index contributed by atoms with van der Waals surface area (Å²) in [6, 6.07) is 11.1. The molecule has 1 N–H and O–H groups in total. The van der Waals surface area contributed by atoms with E-state index in [1.54, 1.807) is 24.3 Å². The Morgan fingerprint density at radius 3 is 2.10 bits per heavy atom. The van der Waals surface area contributed by atoms with Gasteiger partial charge in [0.15, 0.2) is 0 Å². The maximum absolute atomic E-state index is 12.4. The van der Waals surface area contributed by atoms with Gasteiger partial charge >= 0.3 is 29.6 Å². The molecular formula is C22H29NaO5S. The molecule has 0 spiro atoms. The van der Waals surface area contributed by atoms with Crippen LogP contribution in [-0.2, 0) is 16.5 Å². The summed E-state index contributed by atoms with van der Waals surface area (Å²) in [5, 5.41) is 12.4. The van der Waals surface area contributed by atoms with Gasteiger partial charge in [0.25, 0.3) is 10.1 Å². The minimum Gasteiger partial charge on any atom is -0.870 e. The fourth-order valence-electron chi connectivity index (χ4n) is 3.14. The maximum Gasteiger partial charge on any atom is 1.00 e. The summed E-state index contributed by atoms with van der Waals surface area (Å²) in [6.45, 7) is 2.19. The Balaban J connectivity index is 0.00000420. The molecule has 2 aromatic carbocycles. The molecule has 7 heteroatoms. The van der Waals surface area contributed by atoms with Crippen molar-refractivity contribution in [3.63, 3.8) is 0 Å². The summed E-state index contributed by atoms with van der Waals surface area (Å²) >= 11 is 0. The second kappa shape index (κ2) is 13.3.